The fourth-order valence-corrected chi connectivity index (χ4v) is 2.60. The zero-order chi connectivity index (χ0) is 17.4. The summed E-state index contributed by atoms with van der Waals surface area (Å²) in [5.74, 6) is -0.443. The average molecular weight is 327 g/mol. The van der Waals surface area contributed by atoms with Crippen LogP contribution in [-0.4, -0.2) is 24.6 Å². The first-order valence-corrected chi connectivity index (χ1v) is 7.36. The SMILES string of the molecule is Cc1cccc(NC(=O)Cn2c(=O)c3c(ncn3C)n(C)c2=O)c1. The normalized spacial score (nSPS) is 11.0. The van der Waals surface area contributed by atoms with E-state index in [1.807, 2.05) is 25.1 Å². The van der Waals surface area contributed by atoms with E-state index in [0.717, 1.165) is 10.1 Å². The van der Waals surface area contributed by atoms with Crippen LogP contribution in [0.5, 0.6) is 0 Å². The van der Waals surface area contributed by atoms with Gasteiger partial charge >= 0.3 is 5.69 Å². The first kappa shape index (κ1) is 15.7. The minimum atomic E-state index is -0.578. The van der Waals surface area contributed by atoms with Gasteiger partial charge in [-0.25, -0.2) is 14.3 Å². The van der Waals surface area contributed by atoms with Gasteiger partial charge < -0.3 is 9.88 Å². The van der Waals surface area contributed by atoms with Gasteiger partial charge in [-0.3, -0.25) is 14.2 Å². The number of aromatic nitrogens is 4. The van der Waals surface area contributed by atoms with Crippen LogP contribution in [-0.2, 0) is 25.4 Å². The van der Waals surface area contributed by atoms with Gasteiger partial charge in [0.25, 0.3) is 5.56 Å². The minimum absolute atomic E-state index is 0.278. The molecular formula is C16H17N5O3. The molecule has 0 unspecified atom stereocenters. The Hall–Kier alpha value is -3.16. The van der Waals surface area contributed by atoms with Crippen LogP contribution in [0.3, 0.4) is 0 Å². The van der Waals surface area contributed by atoms with E-state index in [9.17, 15) is 14.4 Å². The van der Waals surface area contributed by atoms with Crippen molar-refractivity contribution in [3.63, 3.8) is 0 Å². The monoisotopic (exact) mass is 327 g/mol. The second kappa shape index (κ2) is 5.80. The predicted molar refractivity (Wildman–Crippen MR) is 90.0 cm³/mol. The number of imidazole rings is 1. The Morgan fingerprint density at radius 2 is 2.00 bits per heavy atom. The number of amides is 1. The van der Waals surface area contributed by atoms with Crippen LogP contribution in [0.15, 0.2) is 40.2 Å². The number of nitrogens with one attached hydrogen (secondary N) is 1. The summed E-state index contributed by atoms with van der Waals surface area (Å²) in [5.41, 5.74) is 1.07. The molecule has 3 rings (SSSR count). The lowest BCUT2D eigenvalue weighted by molar-refractivity contribution is -0.116. The van der Waals surface area contributed by atoms with Gasteiger partial charge in [0, 0.05) is 19.8 Å². The minimum Gasteiger partial charge on any atom is -0.328 e. The van der Waals surface area contributed by atoms with Gasteiger partial charge in [-0.2, -0.15) is 0 Å². The van der Waals surface area contributed by atoms with Crippen molar-refractivity contribution in [2.75, 3.05) is 5.32 Å². The Morgan fingerprint density at radius 1 is 1.25 bits per heavy atom. The summed E-state index contributed by atoms with van der Waals surface area (Å²) >= 11 is 0. The highest BCUT2D eigenvalue weighted by molar-refractivity contribution is 5.90. The maximum atomic E-state index is 12.5. The third-order valence-electron chi connectivity index (χ3n) is 3.80. The van der Waals surface area contributed by atoms with E-state index in [2.05, 4.69) is 10.3 Å². The maximum Gasteiger partial charge on any atom is 0.332 e. The molecule has 0 aliphatic heterocycles. The van der Waals surface area contributed by atoms with E-state index in [1.54, 1.807) is 13.1 Å². The first-order valence-electron chi connectivity index (χ1n) is 7.36. The van der Waals surface area contributed by atoms with E-state index in [-0.39, 0.29) is 12.1 Å². The molecule has 0 radical (unpaired) electrons. The summed E-state index contributed by atoms with van der Waals surface area (Å²) in [6.45, 7) is 1.55. The molecule has 0 aliphatic carbocycles. The van der Waals surface area contributed by atoms with Crippen molar-refractivity contribution in [1.82, 2.24) is 18.7 Å². The van der Waals surface area contributed by atoms with Crippen LogP contribution < -0.4 is 16.6 Å². The molecule has 3 aromatic rings. The van der Waals surface area contributed by atoms with Crippen molar-refractivity contribution >= 4 is 22.8 Å². The fourth-order valence-electron chi connectivity index (χ4n) is 2.60. The Labute approximate surface area is 137 Å². The average Bonchev–Trinajstić information content (AvgIpc) is 2.91. The molecule has 0 fully saturated rings. The molecule has 1 amide bonds. The predicted octanol–water partition coefficient (Wildman–Crippen LogP) is 0.381. The Bertz CT molecular complexity index is 1060. The lowest BCUT2D eigenvalue weighted by atomic mass is 10.2. The molecule has 0 atom stereocenters. The van der Waals surface area contributed by atoms with E-state index in [0.29, 0.717) is 11.3 Å². The molecule has 24 heavy (non-hydrogen) atoms. The van der Waals surface area contributed by atoms with Gasteiger partial charge in [-0.1, -0.05) is 12.1 Å². The lowest BCUT2D eigenvalue weighted by Gasteiger charge is -2.09. The van der Waals surface area contributed by atoms with Gasteiger partial charge in [0.05, 0.1) is 6.33 Å². The molecule has 0 aliphatic rings. The Morgan fingerprint density at radius 3 is 2.71 bits per heavy atom. The highest BCUT2D eigenvalue weighted by Gasteiger charge is 2.16. The van der Waals surface area contributed by atoms with Crippen LogP contribution in [0, 0.1) is 6.92 Å². The number of nitrogens with zero attached hydrogens (tertiary/aromatic N) is 4. The van der Waals surface area contributed by atoms with Crippen molar-refractivity contribution in [3.05, 3.63) is 57.0 Å². The number of anilines is 1. The van der Waals surface area contributed by atoms with Gasteiger partial charge in [0.1, 0.15) is 6.54 Å². The highest BCUT2D eigenvalue weighted by atomic mass is 16.2. The molecule has 2 aromatic heterocycles. The number of carbonyl (C=O) groups excluding carboxylic acids is 1. The van der Waals surface area contributed by atoms with E-state index < -0.39 is 17.2 Å². The van der Waals surface area contributed by atoms with Crippen molar-refractivity contribution in [3.8, 4) is 0 Å². The standard InChI is InChI=1S/C16H17N5O3/c1-10-5-4-6-11(7-10)18-12(22)8-21-15(23)13-14(17-9-19(13)2)20(3)16(21)24/h4-7,9H,8H2,1-3H3,(H,18,22). The number of benzene rings is 1. The molecule has 0 saturated heterocycles. The van der Waals surface area contributed by atoms with Gasteiger partial charge in [-0.05, 0) is 24.6 Å². The number of rotatable bonds is 3. The van der Waals surface area contributed by atoms with Gasteiger partial charge in [-0.15, -0.1) is 0 Å². The van der Waals surface area contributed by atoms with Crippen molar-refractivity contribution < 1.29 is 4.79 Å². The molecule has 124 valence electrons. The van der Waals surface area contributed by atoms with E-state index >= 15 is 0 Å². The third kappa shape index (κ3) is 2.62. The molecular weight excluding hydrogens is 310 g/mol. The zero-order valence-corrected chi connectivity index (χ0v) is 13.6. The zero-order valence-electron chi connectivity index (χ0n) is 13.6. The van der Waals surface area contributed by atoms with Crippen molar-refractivity contribution in [2.45, 2.75) is 13.5 Å². The van der Waals surface area contributed by atoms with Crippen LogP contribution >= 0.6 is 0 Å². The van der Waals surface area contributed by atoms with Gasteiger partial charge in [0.15, 0.2) is 11.2 Å². The molecule has 0 spiro atoms. The Balaban J connectivity index is 1.98. The number of hydrogen-bond acceptors (Lipinski definition) is 4. The summed E-state index contributed by atoms with van der Waals surface area (Å²) in [6.07, 6.45) is 1.46. The maximum absolute atomic E-state index is 12.5. The Kier molecular flexibility index (Phi) is 3.80. The van der Waals surface area contributed by atoms with Crippen molar-refractivity contribution in [1.29, 1.82) is 0 Å². The third-order valence-corrected chi connectivity index (χ3v) is 3.80. The molecule has 2 heterocycles. The van der Waals surface area contributed by atoms with Crippen LogP contribution in [0.25, 0.3) is 11.2 Å². The lowest BCUT2D eigenvalue weighted by Crippen LogP contribution is -2.42. The smallest absolute Gasteiger partial charge is 0.328 e. The van der Waals surface area contributed by atoms with Crippen LogP contribution in [0.1, 0.15) is 5.56 Å². The molecule has 8 heteroatoms. The van der Waals surface area contributed by atoms with Crippen LogP contribution in [0.4, 0.5) is 5.69 Å². The summed E-state index contributed by atoms with van der Waals surface area (Å²) in [7, 11) is 3.18. The molecule has 1 N–H and O–H groups in total. The van der Waals surface area contributed by atoms with E-state index in [1.165, 1.54) is 22.5 Å². The number of fused-ring (bicyclic) bond motifs is 1. The quantitative estimate of drug-likeness (QED) is 0.753. The second-order valence-electron chi connectivity index (χ2n) is 5.68. The van der Waals surface area contributed by atoms with Crippen LogP contribution in [0.2, 0.25) is 0 Å². The number of carbonyl (C=O) groups is 1. The number of aryl methyl sites for hydroxylation is 3. The molecule has 1 aromatic carbocycles. The summed E-state index contributed by atoms with van der Waals surface area (Å²) < 4.78 is 3.71. The summed E-state index contributed by atoms with van der Waals surface area (Å²) in [6, 6.07) is 7.28. The van der Waals surface area contributed by atoms with Gasteiger partial charge in [0.2, 0.25) is 5.91 Å². The topological polar surface area (TPSA) is 90.9 Å². The summed E-state index contributed by atoms with van der Waals surface area (Å²) in [4.78, 5) is 41.2. The molecule has 0 bridgehead atoms. The first-order chi connectivity index (χ1) is 11.4. The largest absolute Gasteiger partial charge is 0.332 e. The second-order valence-corrected chi connectivity index (χ2v) is 5.68. The molecule has 0 saturated carbocycles. The highest BCUT2D eigenvalue weighted by Crippen LogP contribution is 2.09. The van der Waals surface area contributed by atoms with Crippen molar-refractivity contribution in [2.24, 2.45) is 14.1 Å². The van der Waals surface area contributed by atoms with E-state index in [4.69, 9.17) is 0 Å². The number of hydrogen-bond donors (Lipinski definition) is 1. The molecule has 8 nitrogen and oxygen atoms in total. The fraction of sp³-hybridized carbons (Fsp3) is 0.250. The summed E-state index contributed by atoms with van der Waals surface area (Å²) in [5, 5.41) is 2.69.